The molecular weight excluding hydrogens is 256 g/mol. The van der Waals surface area contributed by atoms with Crippen LogP contribution < -0.4 is 0 Å². The topological polar surface area (TPSA) is 26.3 Å². The van der Waals surface area contributed by atoms with Crippen molar-refractivity contribution < 1.29 is 9.53 Å². The number of esters is 1. The standard InChI is InChI=1S/C12H13BrO2/c1-2-15-12(14)8-4-6-10-5-3-7-11(13)9-10/h3-5,7-9H,2,6H2,1H3. The van der Waals surface area contributed by atoms with Crippen LogP contribution in [0, 0.1) is 0 Å². The zero-order valence-corrected chi connectivity index (χ0v) is 10.2. The van der Waals surface area contributed by atoms with Crippen molar-refractivity contribution in [1.29, 1.82) is 0 Å². The summed E-state index contributed by atoms with van der Waals surface area (Å²) in [4.78, 5) is 11.0. The lowest BCUT2D eigenvalue weighted by molar-refractivity contribution is -0.137. The van der Waals surface area contributed by atoms with Crippen molar-refractivity contribution in [1.82, 2.24) is 0 Å². The van der Waals surface area contributed by atoms with Crippen molar-refractivity contribution >= 4 is 21.9 Å². The summed E-state index contributed by atoms with van der Waals surface area (Å²) in [5, 5.41) is 0. The molecule has 80 valence electrons. The zero-order chi connectivity index (χ0) is 11.1. The van der Waals surface area contributed by atoms with Crippen molar-refractivity contribution in [3.05, 3.63) is 46.5 Å². The molecule has 0 saturated carbocycles. The summed E-state index contributed by atoms with van der Waals surface area (Å²) in [6.07, 6.45) is 4.00. The van der Waals surface area contributed by atoms with Crippen LogP contribution in [0.1, 0.15) is 12.5 Å². The number of allylic oxidation sites excluding steroid dienone is 1. The summed E-state index contributed by atoms with van der Waals surface area (Å²) in [5.41, 5.74) is 1.16. The smallest absolute Gasteiger partial charge is 0.330 e. The Morgan fingerprint density at radius 2 is 2.33 bits per heavy atom. The normalized spacial score (nSPS) is 10.5. The van der Waals surface area contributed by atoms with Gasteiger partial charge in [-0.15, -0.1) is 0 Å². The summed E-state index contributed by atoms with van der Waals surface area (Å²) >= 11 is 3.39. The number of rotatable bonds is 4. The summed E-state index contributed by atoms with van der Waals surface area (Å²) in [7, 11) is 0. The van der Waals surface area contributed by atoms with Gasteiger partial charge in [0, 0.05) is 10.5 Å². The molecule has 0 saturated heterocycles. The van der Waals surface area contributed by atoms with E-state index in [0.717, 1.165) is 16.5 Å². The fraction of sp³-hybridized carbons (Fsp3) is 0.250. The summed E-state index contributed by atoms with van der Waals surface area (Å²) in [6.45, 7) is 2.21. The van der Waals surface area contributed by atoms with E-state index in [1.54, 1.807) is 13.0 Å². The zero-order valence-electron chi connectivity index (χ0n) is 8.57. The molecule has 2 nitrogen and oxygen atoms in total. The minimum Gasteiger partial charge on any atom is -0.463 e. The van der Waals surface area contributed by atoms with Gasteiger partial charge in [-0.1, -0.05) is 34.1 Å². The third-order valence-corrected chi connectivity index (χ3v) is 2.28. The Balaban J connectivity index is 2.46. The highest BCUT2D eigenvalue weighted by Gasteiger charge is 1.94. The molecule has 0 aliphatic rings. The van der Waals surface area contributed by atoms with Crippen molar-refractivity contribution in [3.8, 4) is 0 Å². The number of carbonyl (C=O) groups excluding carboxylic acids is 1. The van der Waals surface area contributed by atoms with Gasteiger partial charge < -0.3 is 4.74 Å². The van der Waals surface area contributed by atoms with Crippen LogP contribution in [0.4, 0.5) is 0 Å². The predicted molar refractivity (Wildman–Crippen MR) is 63.6 cm³/mol. The minimum atomic E-state index is -0.285. The first-order chi connectivity index (χ1) is 7.22. The van der Waals surface area contributed by atoms with Crippen LogP contribution in [-0.4, -0.2) is 12.6 Å². The first-order valence-electron chi connectivity index (χ1n) is 4.80. The third-order valence-electron chi connectivity index (χ3n) is 1.78. The molecule has 0 N–H and O–H groups in total. The molecule has 0 atom stereocenters. The Morgan fingerprint density at radius 1 is 1.53 bits per heavy atom. The Kier molecular flexibility index (Phi) is 5.12. The monoisotopic (exact) mass is 268 g/mol. The van der Waals surface area contributed by atoms with Gasteiger partial charge in [-0.2, -0.15) is 0 Å². The van der Waals surface area contributed by atoms with Crippen molar-refractivity contribution in [2.75, 3.05) is 6.61 Å². The lowest BCUT2D eigenvalue weighted by atomic mass is 10.1. The minimum absolute atomic E-state index is 0.285. The maximum Gasteiger partial charge on any atom is 0.330 e. The number of carbonyl (C=O) groups is 1. The molecule has 0 spiro atoms. The highest BCUT2D eigenvalue weighted by atomic mass is 79.9. The van der Waals surface area contributed by atoms with Gasteiger partial charge in [-0.3, -0.25) is 0 Å². The Bertz CT molecular complexity index is 358. The van der Waals surface area contributed by atoms with Crippen LogP contribution >= 0.6 is 15.9 Å². The van der Waals surface area contributed by atoms with E-state index in [2.05, 4.69) is 15.9 Å². The quantitative estimate of drug-likeness (QED) is 0.620. The maximum atomic E-state index is 11.0. The Morgan fingerprint density at radius 3 is 3.00 bits per heavy atom. The fourth-order valence-corrected chi connectivity index (χ4v) is 1.59. The number of hydrogen-bond donors (Lipinski definition) is 0. The van der Waals surface area contributed by atoms with E-state index in [-0.39, 0.29) is 5.97 Å². The largest absolute Gasteiger partial charge is 0.463 e. The average molecular weight is 269 g/mol. The first-order valence-corrected chi connectivity index (χ1v) is 5.59. The van der Waals surface area contributed by atoms with Gasteiger partial charge in [0.15, 0.2) is 0 Å². The molecule has 0 heterocycles. The van der Waals surface area contributed by atoms with Crippen LogP contribution in [0.5, 0.6) is 0 Å². The summed E-state index contributed by atoms with van der Waals surface area (Å²) in [6, 6.07) is 7.98. The molecule has 0 bridgehead atoms. The van der Waals surface area contributed by atoms with E-state index < -0.39 is 0 Å². The second kappa shape index (κ2) is 6.40. The van der Waals surface area contributed by atoms with Gasteiger partial charge in [0.25, 0.3) is 0 Å². The van der Waals surface area contributed by atoms with Gasteiger partial charge >= 0.3 is 5.97 Å². The molecule has 15 heavy (non-hydrogen) atoms. The molecule has 0 aliphatic heterocycles. The van der Waals surface area contributed by atoms with E-state index in [4.69, 9.17) is 4.74 Å². The van der Waals surface area contributed by atoms with Crippen LogP contribution in [0.3, 0.4) is 0 Å². The molecule has 3 heteroatoms. The van der Waals surface area contributed by atoms with Crippen LogP contribution in [0.2, 0.25) is 0 Å². The molecule has 0 radical (unpaired) electrons. The summed E-state index contributed by atoms with van der Waals surface area (Å²) < 4.78 is 5.81. The van der Waals surface area contributed by atoms with Crippen molar-refractivity contribution in [2.24, 2.45) is 0 Å². The fourth-order valence-electron chi connectivity index (χ4n) is 1.15. The van der Waals surface area contributed by atoms with Gasteiger partial charge in [0.2, 0.25) is 0 Å². The van der Waals surface area contributed by atoms with Crippen LogP contribution in [0.15, 0.2) is 40.9 Å². The average Bonchev–Trinajstić information content (AvgIpc) is 2.18. The first kappa shape index (κ1) is 12.0. The van der Waals surface area contributed by atoms with Crippen molar-refractivity contribution in [3.63, 3.8) is 0 Å². The highest BCUT2D eigenvalue weighted by Crippen LogP contribution is 2.12. The lowest BCUT2D eigenvalue weighted by Crippen LogP contribution is -1.99. The Hall–Kier alpha value is -1.09. The van der Waals surface area contributed by atoms with E-state index in [0.29, 0.717) is 6.61 Å². The van der Waals surface area contributed by atoms with Gasteiger partial charge in [-0.25, -0.2) is 4.79 Å². The maximum absolute atomic E-state index is 11.0. The molecule has 0 fully saturated rings. The SMILES string of the molecule is CCOC(=O)C=CCc1cccc(Br)c1. The van der Waals surface area contributed by atoms with Gasteiger partial charge in [0.05, 0.1) is 6.61 Å². The number of benzene rings is 1. The molecule has 0 amide bonds. The van der Waals surface area contributed by atoms with E-state index in [1.165, 1.54) is 6.08 Å². The molecule has 0 aliphatic carbocycles. The number of halogens is 1. The molecule has 1 aromatic carbocycles. The third kappa shape index (κ3) is 4.79. The molecule has 1 aromatic rings. The van der Waals surface area contributed by atoms with E-state index >= 15 is 0 Å². The van der Waals surface area contributed by atoms with Crippen molar-refractivity contribution in [2.45, 2.75) is 13.3 Å². The number of hydrogen-bond acceptors (Lipinski definition) is 2. The van der Waals surface area contributed by atoms with E-state index in [9.17, 15) is 4.79 Å². The van der Waals surface area contributed by atoms with Gasteiger partial charge in [-0.05, 0) is 31.0 Å². The number of ether oxygens (including phenoxy) is 1. The second-order valence-corrected chi connectivity index (χ2v) is 3.90. The molecule has 0 unspecified atom stereocenters. The summed E-state index contributed by atoms with van der Waals surface area (Å²) in [5.74, 6) is -0.285. The molecule has 1 rings (SSSR count). The highest BCUT2D eigenvalue weighted by molar-refractivity contribution is 9.10. The molecule has 0 aromatic heterocycles. The lowest BCUT2D eigenvalue weighted by Gasteiger charge is -1.97. The predicted octanol–water partition coefficient (Wildman–Crippen LogP) is 3.11. The van der Waals surface area contributed by atoms with Crippen LogP contribution in [-0.2, 0) is 16.0 Å². The van der Waals surface area contributed by atoms with Gasteiger partial charge in [0.1, 0.15) is 0 Å². The Labute approximate surface area is 98.1 Å². The second-order valence-electron chi connectivity index (χ2n) is 2.99. The van der Waals surface area contributed by atoms with E-state index in [1.807, 2.05) is 24.3 Å². The van der Waals surface area contributed by atoms with Crippen LogP contribution in [0.25, 0.3) is 0 Å². The molecular formula is C12H13BrO2.